The SMILES string of the molecule is Cc1cc(C#CCC(N)=O)ccc1Br. The van der Waals surface area contributed by atoms with E-state index in [0.717, 1.165) is 15.6 Å². The molecule has 0 fully saturated rings. The van der Waals surface area contributed by atoms with Crippen LogP contribution in [0.25, 0.3) is 0 Å². The Morgan fingerprint density at radius 1 is 1.57 bits per heavy atom. The van der Waals surface area contributed by atoms with Crippen molar-refractivity contribution in [3.05, 3.63) is 33.8 Å². The Labute approximate surface area is 91.6 Å². The molecule has 0 atom stereocenters. The normalized spacial score (nSPS) is 9.00. The lowest BCUT2D eigenvalue weighted by atomic mass is 10.1. The molecule has 2 N–H and O–H groups in total. The zero-order valence-electron chi connectivity index (χ0n) is 7.80. The number of benzene rings is 1. The summed E-state index contributed by atoms with van der Waals surface area (Å²) in [6, 6.07) is 5.78. The van der Waals surface area contributed by atoms with Crippen LogP contribution in [0.4, 0.5) is 0 Å². The Balaban J connectivity index is 2.81. The van der Waals surface area contributed by atoms with Crippen molar-refractivity contribution in [1.29, 1.82) is 0 Å². The lowest BCUT2D eigenvalue weighted by Crippen LogP contribution is -2.08. The van der Waals surface area contributed by atoms with E-state index in [0.29, 0.717) is 0 Å². The van der Waals surface area contributed by atoms with E-state index in [1.807, 2.05) is 25.1 Å². The smallest absolute Gasteiger partial charge is 0.229 e. The molecule has 0 bridgehead atoms. The summed E-state index contributed by atoms with van der Waals surface area (Å²) < 4.78 is 1.05. The van der Waals surface area contributed by atoms with E-state index in [-0.39, 0.29) is 6.42 Å². The van der Waals surface area contributed by atoms with Gasteiger partial charge in [-0.25, -0.2) is 0 Å². The van der Waals surface area contributed by atoms with Crippen LogP contribution in [0.1, 0.15) is 17.5 Å². The molecule has 1 aromatic carbocycles. The van der Waals surface area contributed by atoms with Gasteiger partial charge in [0.05, 0.1) is 6.42 Å². The maximum atomic E-state index is 10.4. The van der Waals surface area contributed by atoms with Crippen LogP contribution < -0.4 is 5.73 Å². The molecule has 72 valence electrons. The Kier molecular flexibility index (Phi) is 3.73. The molecule has 0 saturated carbocycles. The Morgan fingerprint density at radius 2 is 2.29 bits per heavy atom. The summed E-state index contributed by atoms with van der Waals surface area (Å²) >= 11 is 3.40. The van der Waals surface area contributed by atoms with Crippen LogP contribution in [0.2, 0.25) is 0 Å². The summed E-state index contributed by atoms with van der Waals surface area (Å²) in [6.07, 6.45) is 0.106. The molecule has 1 amide bonds. The van der Waals surface area contributed by atoms with E-state index in [4.69, 9.17) is 5.73 Å². The van der Waals surface area contributed by atoms with Crippen molar-refractivity contribution >= 4 is 21.8 Å². The van der Waals surface area contributed by atoms with Crippen LogP contribution >= 0.6 is 15.9 Å². The summed E-state index contributed by atoms with van der Waals surface area (Å²) in [5.41, 5.74) is 6.98. The maximum absolute atomic E-state index is 10.4. The van der Waals surface area contributed by atoms with Gasteiger partial charge in [-0.3, -0.25) is 4.79 Å². The quantitative estimate of drug-likeness (QED) is 0.763. The van der Waals surface area contributed by atoms with Gasteiger partial charge in [-0.1, -0.05) is 27.8 Å². The van der Waals surface area contributed by atoms with Gasteiger partial charge < -0.3 is 5.73 Å². The number of nitrogens with two attached hydrogens (primary N) is 1. The lowest BCUT2D eigenvalue weighted by Gasteiger charge is -1.96. The van der Waals surface area contributed by atoms with Crippen molar-refractivity contribution in [1.82, 2.24) is 0 Å². The summed E-state index contributed by atoms with van der Waals surface area (Å²) in [5, 5.41) is 0. The molecule has 0 saturated heterocycles. The van der Waals surface area contributed by atoms with Gasteiger partial charge in [0.1, 0.15) is 0 Å². The second-order valence-corrected chi connectivity index (χ2v) is 3.76. The van der Waals surface area contributed by atoms with Crippen LogP contribution in [0, 0.1) is 18.8 Å². The molecule has 3 heteroatoms. The number of primary amides is 1. The second-order valence-electron chi connectivity index (χ2n) is 2.91. The zero-order chi connectivity index (χ0) is 10.6. The maximum Gasteiger partial charge on any atom is 0.229 e. The van der Waals surface area contributed by atoms with Gasteiger partial charge in [0.15, 0.2) is 0 Å². The van der Waals surface area contributed by atoms with E-state index in [1.54, 1.807) is 0 Å². The van der Waals surface area contributed by atoms with Crippen LogP contribution in [-0.4, -0.2) is 5.91 Å². The predicted molar refractivity (Wildman–Crippen MR) is 59.6 cm³/mol. The molecule has 0 heterocycles. The number of carbonyl (C=O) groups is 1. The minimum atomic E-state index is -0.397. The highest BCUT2D eigenvalue weighted by Crippen LogP contribution is 2.16. The number of aryl methyl sites for hydroxylation is 1. The van der Waals surface area contributed by atoms with Gasteiger partial charge in [-0.05, 0) is 30.7 Å². The van der Waals surface area contributed by atoms with Crippen molar-refractivity contribution in [3.8, 4) is 11.8 Å². The molecule has 1 aromatic rings. The summed E-state index contributed by atoms with van der Waals surface area (Å²) in [6.45, 7) is 1.99. The number of rotatable bonds is 1. The Bertz CT molecular complexity index is 415. The monoisotopic (exact) mass is 251 g/mol. The minimum absolute atomic E-state index is 0.106. The number of hydrogen-bond donors (Lipinski definition) is 1. The fraction of sp³-hybridized carbons (Fsp3) is 0.182. The third kappa shape index (κ3) is 3.23. The molecule has 0 aliphatic rings. The van der Waals surface area contributed by atoms with Gasteiger partial charge in [-0.15, -0.1) is 0 Å². The van der Waals surface area contributed by atoms with Gasteiger partial charge >= 0.3 is 0 Å². The third-order valence-corrected chi connectivity index (χ3v) is 2.54. The molecule has 0 spiro atoms. The van der Waals surface area contributed by atoms with E-state index in [1.165, 1.54) is 0 Å². The number of carbonyl (C=O) groups excluding carboxylic acids is 1. The zero-order valence-corrected chi connectivity index (χ0v) is 9.39. The molecule has 0 aromatic heterocycles. The number of halogens is 1. The standard InChI is InChI=1S/C11H10BrNO/c1-8-7-9(5-6-10(8)12)3-2-4-11(13)14/h5-7H,4H2,1H3,(H2,13,14). The average molecular weight is 252 g/mol. The molecule has 1 rings (SSSR count). The van der Waals surface area contributed by atoms with E-state index in [2.05, 4.69) is 27.8 Å². The van der Waals surface area contributed by atoms with E-state index in [9.17, 15) is 4.79 Å². The van der Waals surface area contributed by atoms with E-state index >= 15 is 0 Å². The topological polar surface area (TPSA) is 43.1 Å². The Morgan fingerprint density at radius 3 is 2.86 bits per heavy atom. The van der Waals surface area contributed by atoms with Gasteiger partial charge in [-0.2, -0.15) is 0 Å². The van der Waals surface area contributed by atoms with Crippen molar-refractivity contribution in [2.24, 2.45) is 5.73 Å². The number of hydrogen-bond acceptors (Lipinski definition) is 1. The van der Waals surface area contributed by atoms with Gasteiger partial charge in [0.2, 0.25) is 5.91 Å². The first-order valence-electron chi connectivity index (χ1n) is 4.13. The average Bonchev–Trinajstić information content (AvgIpc) is 2.10. The molecule has 0 aliphatic heterocycles. The largest absolute Gasteiger partial charge is 0.369 e. The fourth-order valence-corrected chi connectivity index (χ4v) is 1.20. The van der Waals surface area contributed by atoms with Crippen LogP contribution in [-0.2, 0) is 4.79 Å². The van der Waals surface area contributed by atoms with Crippen LogP contribution in [0.15, 0.2) is 22.7 Å². The number of amides is 1. The highest BCUT2D eigenvalue weighted by Gasteiger charge is 1.94. The van der Waals surface area contributed by atoms with Crippen LogP contribution in [0.5, 0.6) is 0 Å². The van der Waals surface area contributed by atoms with E-state index < -0.39 is 5.91 Å². The van der Waals surface area contributed by atoms with Gasteiger partial charge in [0, 0.05) is 10.0 Å². The van der Waals surface area contributed by atoms with Crippen molar-refractivity contribution < 1.29 is 4.79 Å². The van der Waals surface area contributed by atoms with Crippen LogP contribution in [0.3, 0.4) is 0 Å². The lowest BCUT2D eigenvalue weighted by molar-refractivity contribution is -0.117. The first-order valence-corrected chi connectivity index (χ1v) is 4.92. The molecule has 2 nitrogen and oxygen atoms in total. The minimum Gasteiger partial charge on any atom is -0.369 e. The van der Waals surface area contributed by atoms with Crippen molar-refractivity contribution in [2.75, 3.05) is 0 Å². The second kappa shape index (κ2) is 4.83. The summed E-state index contributed by atoms with van der Waals surface area (Å²) in [7, 11) is 0. The summed E-state index contributed by atoms with van der Waals surface area (Å²) in [4.78, 5) is 10.4. The molecule has 0 aliphatic carbocycles. The third-order valence-electron chi connectivity index (χ3n) is 1.65. The first kappa shape index (κ1) is 10.8. The molecule has 0 radical (unpaired) electrons. The van der Waals surface area contributed by atoms with Crippen molar-refractivity contribution in [3.63, 3.8) is 0 Å². The first-order chi connectivity index (χ1) is 6.59. The highest BCUT2D eigenvalue weighted by molar-refractivity contribution is 9.10. The fourth-order valence-electron chi connectivity index (χ4n) is 0.956. The summed E-state index contributed by atoms with van der Waals surface area (Å²) in [5.74, 6) is 5.18. The molecule has 0 unspecified atom stereocenters. The molecule has 14 heavy (non-hydrogen) atoms. The Hall–Kier alpha value is -1.27. The predicted octanol–water partition coefficient (Wildman–Crippen LogP) is 1.98. The molecular formula is C11H10BrNO. The highest BCUT2D eigenvalue weighted by atomic mass is 79.9. The van der Waals surface area contributed by atoms with Crippen molar-refractivity contribution in [2.45, 2.75) is 13.3 Å². The molecular weight excluding hydrogens is 242 g/mol. The van der Waals surface area contributed by atoms with Gasteiger partial charge in [0.25, 0.3) is 0 Å².